The Kier molecular flexibility index (Phi) is 12.7. The standard InChI is InChI=1S/C21H31N3O4S.C16H23N3O2S/c1-13(2)15(23-19(26)28-20(3,4)5)17(25)24-21-16(14-9-7-6-8-10-14)29-12-11-22-18(21)27-21;1-10(2)12(17)14(20)19-16-13(11-6-4-3-5-7-11)22-9-8-18-15(16)21-16/h6-10,13,15-16,18,22H,11-12H2,1-5H3,(H,23,26)(H,24,25);3-7,10,12-13,15,18H,8-9,17H2,1-2H3,(H,19,20)/t15-,16?,18?,21?;12-,13?,15?,16?/m00/s1. The Morgan fingerprint density at radius 2 is 1.24 bits per heavy atom. The topological polar surface area (TPSA) is 172 Å². The van der Waals surface area contributed by atoms with Crippen LogP contribution in [-0.4, -0.2) is 84.1 Å². The molecule has 6 rings (SSSR count). The molecule has 2 aromatic carbocycles. The van der Waals surface area contributed by atoms with Crippen LogP contribution in [0.5, 0.6) is 0 Å². The van der Waals surface area contributed by atoms with Crippen LogP contribution < -0.4 is 32.3 Å². The molecule has 0 radical (unpaired) electrons. The van der Waals surface area contributed by atoms with Crippen LogP contribution in [-0.2, 0) is 23.8 Å². The zero-order valence-corrected chi connectivity index (χ0v) is 32.2. The minimum Gasteiger partial charge on any atom is -0.444 e. The quantitative estimate of drug-likeness (QED) is 0.205. The number of ether oxygens (including phenoxy) is 3. The Morgan fingerprint density at radius 1 is 0.784 bits per heavy atom. The van der Waals surface area contributed by atoms with Crippen LogP contribution in [0.4, 0.5) is 4.79 Å². The lowest BCUT2D eigenvalue weighted by atomic mass is 10.0. The van der Waals surface area contributed by atoms with Gasteiger partial charge in [-0.25, -0.2) is 4.79 Å². The van der Waals surface area contributed by atoms with E-state index in [9.17, 15) is 14.4 Å². The molecule has 14 heteroatoms. The Hall–Kier alpha value is -2.85. The molecule has 12 nitrogen and oxygen atoms in total. The van der Waals surface area contributed by atoms with Crippen molar-refractivity contribution in [1.29, 1.82) is 0 Å². The van der Waals surface area contributed by atoms with Crippen molar-refractivity contribution in [2.45, 2.75) is 101 Å². The van der Waals surface area contributed by atoms with Gasteiger partial charge in [-0.05, 0) is 43.7 Å². The minimum absolute atomic E-state index is 0.0398. The summed E-state index contributed by atoms with van der Waals surface area (Å²) in [6.07, 6.45) is -0.998. The van der Waals surface area contributed by atoms with E-state index in [1.54, 1.807) is 44.3 Å². The van der Waals surface area contributed by atoms with E-state index in [0.29, 0.717) is 0 Å². The van der Waals surface area contributed by atoms with E-state index in [2.05, 4.69) is 50.8 Å². The second-order valence-corrected chi connectivity index (χ2v) is 17.4. The highest BCUT2D eigenvalue weighted by Crippen LogP contribution is 2.53. The van der Waals surface area contributed by atoms with Crippen molar-refractivity contribution in [3.63, 3.8) is 0 Å². The van der Waals surface area contributed by atoms with E-state index in [1.165, 1.54) is 0 Å². The van der Waals surface area contributed by atoms with Crippen LogP contribution in [0.2, 0.25) is 0 Å². The van der Waals surface area contributed by atoms with Gasteiger partial charge in [-0.15, -0.1) is 23.5 Å². The summed E-state index contributed by atoms with van der Waals surface area (Å²) in [4.78, 5) is 37.8. The zero-order valence-electron chi connectivity index (χ0n) is 30.6. The van der Waals surface area contributed by atoms with E-state index in [4.69, 9.17) is 19.9 Å². The molecule has 3 amide bonds. The number of fused-ring (bicyclic) bond motifs is 2. The molecule has 4 heterocycles. The van der Waals surface area contributed by atoms with Crippen LogP contribution in [0.15, 0.2) is 60.7 Å². The number of benzene rings is 2. The summed E-state index contributed by atoms with van der Waals surface area (Å²) in [5.74, 6) is 1.45. The molecule has 4 fully saturated rings. The Morgan fingerprint density at radius 3 is 1.65 bits per heavy atom. The first kappa shape index (κ1) is 39.4. The van der Waals surface area contributed by atoms with Gasteiger partial charge in [0.2, 0.25) is 11.8 Å². The van der Waals surface area contributed by atoms with Gasteiger partial charge in [0.25, 0.3) is 0 Å². The molecule has 0 spiro atoms. The zero-order chi connectivity index (χ0) is 37.0. The molecule has 51 heavy (non-hydrogen) atoms. The van der Waals surface area contributed by atoms with Gasteiger partial charge in [0, 0.05) is 24.6 Å². The molecular formula is C37H54N6O6S2. The van der Waals surface area contributed by atoms with Crippen molar-refractivity contribution in [3.8, 4) is 0 Å². The van der Waals surface area contributed by atoms with Gasteiger partial charge in [0.15, 0.2) is 23.9 Å². The Balaban J connectivity index is 0.000000205. The third kappa shape index (κ3) is 9.58. The van der Waals surface area contributed by atoms with Crippen molar-refractivity contribution in [2.75, 3.05) is 24.6 Å². The summed E-state index contributed by atoms with van der Waals surface area (Å²) in [5, 5.41) is 15.6. The lowest BCUT2D eigenvalue weighted by Gasteiger charge is -2.29. The number of hydrogen-bond acceptors (Lipinski definition) is 11. The molecule has 4 saturated heterocycles. The molecule has 8 atom stereocenters. The van der Waals surface area contributed by atoms with Gasteiger partial charge in [-0.3, -0.25) is 20.2 Å². The Bertz CT molecular complexity index is 1500. The number of nitrogens with two attached hydrogens (primary N) is 1. The second-order valence-electron chi connectivity index (χ2n) is 14.9. The molecule has 7 N–H and O–H groups in total. The average Bonchev–Trinajstić information content (AvgIpc) is 3.97. The number of hydrogen-bond donors (Lipinski definition) is 6. The van der Waals surface area contributed by atoms with Crippen molar-refractivity contribution in [2.24, 2.45) is 17.6 Å². The van der Waals surface area contributed by atoms with Crippen LogP contribution in [0.25, 0.3) is 0 Å². The summed E-state index contributed by atoms with van der Waals surface area (Å²) in [6, 6.07) is 19.0. The molecule has 4 aliphatic heterocycles. The van der Waals surface area contributed by atoms with Crippen LogP contribution in [0.3, 0.4) is 0 Å². The predicted octanol–water partition coefficient (Wildman–Crippen LogP) is 4.00. The molecule has 0 aliphatic carbocycles. The average molecular weight is 743 g/mol. The third-order valence-electron chi connectivity index (χ3n) is 8.99. The van der Waals surface area contributed by atoms with Gasteiger partial charge in [0.1, 0.15) is 11.6 Å². The smallest absolute Gasteiger partial charge is 0.408 e. The number of carbonyl (C=O) groups is 3. The second kappa shape index (κ2) is 16.4. The summed E-state index contributed by atoms with van der Waals surface area (Å²) in [7, 11) is 0. The summed E-state index contributed by atoms with van der Waals surface area (Å²) in [6.45, 7) is 14.7. The van der Waals surface area contributed by atoms with Crippen molar-refractivity contribution >= 4 is 41.4 Å². The molecule has 2 aromatic rings. The molecule has 4 aliphatic rings. The lowest BCUT2D eigenvalue weighted by Crippen LogP contribution is -2.56. The highest BCUT2D eigenvalue weighted by molar-refractivity contribution is 7.99. The number of thioether (sulfide) groups is 2. The van der Waals surface area contributed by atoms with Crippen molar-refractivity contribution in [1.82, 2.24) is 26.6 Å². The number of epoxide rings is 2. The van der Waals surface area contributed by atoms with E-state index in [-0.39, 0.29) is 46.6 Å². The number of nitrogens with one attached hydrogen (secondary N) is 5. The first-order valence-corrected chi connectivity index (χ1v) is 19.8. The normalized spacial score (nSPS) is 29.4. The predicted molar refractivity (Wildman–Crippen MR) is 202 cm³/mol. The first-order chi connectivity index (χ1) is 24.2. The summed E-state index contributed by atoms with van der Waals surface area (Å²) >= 11 is 3.56. The van der Waals surface area contributed by atoms with E-state index in [1.807, 2.05) is 64.1 Å². The maximum atomic E-state index is 13.2. The number of rotatable bonds is 9. The van der Waals surface area contributed by atoms with Gasteiger partial charge >= 0.3 is 6.09 Å². The van der Waals surface area contributed by atoms with E-state index < -0.39 is 35.2 Å². The van der Waals surface area contributed by atoms with Crippen LogP contribution in [0.1, 0.15) is 70.1 Å². The van der Waals surface area contributed by atoms with E-state index in [0.717, 1.165) is 35.7 Å². The van der Waals surface area contributed by atoms with Crippen molar-refractivity contribution in [3.05, 3.63) is 71.8 Å². The SMILES string of the molecule is CC(C)[C@H](N)C(=O)NC12OC1NCCSC2c1ccccc1.CC(C)[C@H](NC(=O)OC(C)(C)C)C(=O)NC12OC1NCCSC2c1ccccc1. The fraction of sp³-hybridized carbons (Fsp3) is 0.595. The fourth-order valence-electron chi connectivity index (χ4n) is 6.17. The fourth-order valence-corrected chi connectivity index (χ4v) is 8.78. The van der Waals surface area contributed by atoms with Gasteiger partial charge in [-0.2, -0.15) is 0 Å². The maximum absolute atomic E-state index is 13.2. The summed E-state index contributed by atoms with van der Waals surface area (Å²) in [5.41, 5.74) is 6.10. The molecule has 0 aromatic heterocycles. The molecule has 6 unspecified atom stereocenters. The van der Waals surface area contributed by atoms with Crippen LogP contribution in [0, 0.1) is 11.8 Å². The molecule has 0 bridgehead atoms. The number of amides is 3. The lowest BCUT2D eigenvalue weighted by molar-refractivity contribution is -0.126. The Labute approximate surface area is 310 Å². The highest BCUT2D eigenvalue weighted by atomic mass is 32.2. The van der Waals surface area contributed by atoms with Gasteiger partial charge < -0.3 is 35.9 Å². The minimum atomic E-state index is -0.831. The van der Waals surface area contributed by atoms with Crippen LogP contribution >= 0.6 is 23.5 Å². The first-order valence-electron chi connectivity index (χ1n) is 17.7. The molecule has 0 saturated carbocycles. The van der Waals surface area contributed by atoms with Gasteiger partial charge in [0.05, 0.1) is 16.5 Å². The summed E-state index contributed by atoms with van der Waals surface area (Å²) < 4.78 is 17.2. The molecule has 280 valence electrons. The third-order valence-corrected chi connectivity index (χ3v) is 11.8. The molecular weight excluding hydrogens is 689 g/mol. The monoisotopic (exact) mass is 742 g/mol. The number of carbonyl (C=O) groups excluding carboxylic acids is 3. The number of alkyl carbamates (subject to hydrolysis) is 1. The van der Waals surface area contributed by atoms with Gasteiger partial charge in [-0.1, -0.05) is 88.4 Å². The van der Waals surface area contributed by atoms with E-state index >= 15 is 0 Å². The maximum Gasteiger partial charge on any atom is 0.408 e. The largest absolute Gasteiger partial charge is 0.444 e. The highest BCUT2D eigenvalue weighted by Gasteiger charge is 2.65. The van der Waals surface area contributed by atoms with Crippen molar-refractivity contribution < 1.29 is 28.6 Å².